The first-order chi connectivity index (χ1) is 9.34. The monoisotopic (exact) mass is 251 g/mol. The summed E-state index contributed by atoms with van der Waals surface area (Å²) in [5.74, 6) is 0.714. The number of rotatable bonds is 3. The molecular formula is C14H13N5. The number of para-hydroxylation sites is 2. The van der Waals surface area contributed by atoms with E-state index in [0.29, 0.717) is 5.95 Å². The van der Waals surface area contributed by atoms with E-state index in [1.807, 2.05) is 48.0 Å². The second-order valence-electron chi connectivity index (χ2n) is 4.13. The minimum Gasteiger partial charge on any atom is -0.312 e. The van der Waals surface area contributed by atoms with Crippen LogP contribution in [0.25, 0.3) is 11.0 Å². The van der Waals surface area contributed by atoms with Gasteiger partial charge in [-0.15, -0.1) is 0 Å². The lowest BCUT2D eigenvalue weighted by atomic mass is 10.3. The van der Waals surface area contributed by atoms with Crippen LogP contribution in [0.1, 0.15) is 5.56 Å². The largest absolute Gasteiger partial charge is 0.312 e. The molecule has 0 radical (unpaired) electrons. The molecule has 19 heavy (non-hydrogen) atoms. The smallest absolute Gasteiger partial charge is 0.224 e. The second-order valence-corrected chi connectivity index (χ2v) is 4.13. The van der Waals surface area contributed by atoms with Crippen LogP contribution in [0.2, 0.25) is 0 Å². The lowest BCUT2D eigenvalue weighted by molar-refractivity contribution is 0.943. The molecule has 2 heterocycles. The standard InChI is InChI=1S/C14H13N5/c1-19-13-5-3-2-4-12(13)17-14(19)18-16-10-11-6-8-15-9-7-11/h2-10H,1H3,(H,17,18)/b16-10+. The van der Waals surface area contributed by atoms with Crippen LogP contribution in [0.4, 0.5) is 5.95 Å². The molecule has 0 atom stereocenters. The van der Waals surface area contributed by atoms with E-state index >= 15 is 0 Å². The Bertz CT molecular complexity index is 715. The SMILES string of the molecule is Cn1c(N/N=C/c2ccncc2)nc2ccccc21. The van der Waals surface area contributed by atoms with Crippen molar-refractivity contribution in [2.45, 2.75) is 0 Å². The highest BCUT2D eigenvalue weighted by Gasteiger charge is 2.04. The molecule has 0 spiro atoms. The Kier molecular flexibility index (Phi) is 2.94. The Hall–Kier alpha value is -2.69. The molecular weight excluding hydrogens is 238 g/mol. The summed E-state index contributed by atoms with van der Waals surface area (Å²) in [6.45, 7) is 0. The summed E-state index contributed by atoms with van der Waals surface area (Å²) in [4.78, 5) is 8.43. The van der Waals surface area contributed by atoms with Crippen molar-refractivity contribution in [3.05, 3.63) is 54.4 Å². The third kappa shape index (κ3) is 2.30. The van der Waals surface area contributed by atoms with Crippen molar-refractivity contribution in [3.8, 4) is 0 Å². The zero-order valence-electron chi connectivity index (χ0n) is 10.5. The second kappa shape index (κ2) is 4.89. The predicted molar refractivity (Wildman–Crippen MR) is 76.2 cm³/mol. The van der Waals surface area contributed by atoms with Crippen LogP contribution in [-0.4, -0.2) is 20.7 Å². The quantitative estimate of drug-likeness (QED) is 0.574. The van der Waals surface area contributed by atoms with Crippen LogP contribution >= 0.6 is 0 Å². The van der Waals surface area contributed by atoms with Gasteiger partial charge in [0, 0.05) is 19.4 Å². The van der Waals surface area contributed by atoms with Crippen molar-refractivity contribution in [2.24, 2.45) is 12.1 Å². The summed E-state index contributed by atoms with van der Waals surface area (Å²) >= 11 is 0. The Labute approximate surface area is 110 Å². The van der Waals surface area contributed by atoms with Crippen LogP contribution in [-0.2, 0) is 7.05 Å². The number of pyridine rings is 1. The molecule has 94 valence electrons. The van der Waals surface area contributed by atoms with E-state index in [1.54, 1.807) is 18.6 Å². The topological polar surface area (TPSA) is 55.1 Å². The number of imidazole rings is 1. The Morgan fingerprint density at radius 3 is 2.74 bits per heavy atom. The van der Waals surface area contributed by atoms with Gasteiger partial charge in [0.1, 0.15) is 0 Å². The molecule has 0 unspecified atom stereocenters. The molecule has 2 aromatic heterocycles. The van der Waals surface area contributed by atoms with E-state index in [-0.39, 0.29) is 0 Å². The number of hydrogen-bond acceptors (Lipinski definition) is 4. The number of aryl methyl sites for hydroxylation is 1. The number of hydrogen-bond donors (Lipinski definition) is 1. The van der Waals surface area contributed by atoms with Gasteiger partial charge in [-0.25, -0.2) is 10.4 Å². The van der Waals surface area contributed by atoms with Crippen LogP contribution in [0.15, 0.2) is 53.9 Å². The number of fused-ring (bicyclic) bond motifs is 1. The lowest BCUT2D eigenvalue weighted by Gasteiger charge is -2.00. The number of nitrogens with zero attached hydrogens (tertiary/aromatic N) is 4. The highest BCUT2D eigenvalue weighted by molar-refractivity contribution is 5.81. The summed E-state index contributed by atoms with van der Waals surface area (Å²) in [7, 11) is 1.96. The average Bonchev–Trinajstić information content (AvgIpc) is 2.78. The molecule has 0 saturated heterocycles. The summed E-state index contributed by atoms with van der Waals surface area (Å²) < 4.78 is 1.97. The fourth-order valence-electron chi connectivity index (χ4n) is 1.86. The van der Waals surface area contributed by atoms with E-state index in [1.165, 1.54) is 0 Å². The fraction of sp³-hybridized carbons (Fsp3) is 0.0714. The van der Waals surface area contributed by atoms with Gasteiger partial charge in [-0.2, -0.15) is 5.10 Å². The van der Waals surface area contributed by atoms with Gasteiger partial charge >= 0.3 is 0 Å². The van der Waals surface area contributed by atoms with Gasteiger partial charge in [0.2, 0.25) is 5.95 Å². The molecule has 5 nitrogen and oxygen atoms in total. The van der Waals surface area contributed by atoms with Crippen LogP contribution < -0.4 is 5.43 Å². The minimum absolute atomic E-state index is 0.714. The van der Waals surface area contributed by atoms with Crippen molar-refractivity contribution in [1.29, 1.82) is 0 Å². The maximum atomic E-state index is 4.47. The Morgan fingerprint density at radius 2 is 1.95 bits per heavy atom. The van der Waals surface area contributed by atoms with Gasteiger partial charge in [0.25, 0.3) is 0 Å². The number of anilines is 1. The van der Waals surface area contributed by atoms with Crippen LogP contribution in [0.3, 0.4) is 0 Å². The van der Waals surface area contributed by atoms with Gasteiger partial charge in [0.15, 0.2) is 0 Å². The molecule has 0 aliphatic carbocycles. The van der Waals surface area contributed by atoms with Gasteiger partial charge in [-0.3, -0.25) is 4.98 Å². The first-order valence-corrected chi connectivity index (χ1v) is 5.95. The first kappa shape index (κ1) is 11.4. The summed E-state index contributed by atoms with van der Waals surface area (Å²) in [6, 6.07) is 11.8. The third-order valence-corrected chi connectivity index (χ3v) is 2.87. The van der Waals surface area contributed by atoms with Gasteiger partial charge < -0.3 is 4.57 Å². The van der Waals surface area contributed by atoms with E-state index in [4.69, 9.17) is 0 Å². The van der Waals surface area contributed by atoms with Crippen molar-refractivity contribution in [2.75, 3.05) is 5.43 Å². The van der Waals surface area contributed by atoms with Crippen molar-refractivity contribution in [3.63, 3.8) is 0 Å². The molecule has 0 aliphatic rings. The minimum atomic E-state index is 0.714. The summed E-state index contributed by atoms with van der Waals surface area (Å²) in [5, 5.41) is 4.18. The van der Waals surface area contributed by atoms with Gasteiger partial charge in [-0.05, 0) is 29.8 Å². The maximum absolute atomic E-state index is 4.47. The molecule has 5 heteroatoms. The highest BCUT2D eigenvalue weighted by atomic mass is 15.4. The molecule has 3 aromatic rings. The summed E-state index contributed by atoms with van der Waals surface area (Å²) in [6.07, 6.45) is 5.20. The number of benzene rings is 1. The number of hydrazone groups is 1. The molecule has 0 aliphatic heterocycles. The van der Waals surface area contributed by atoms with E-state index < -0.39 is 0 Å². The van der Waals surface area contributed by atoms with Gasteiger partial charge in [0.05, 0.1) is 17.2 Å². The molecule has 3 rings (SSSR count). The number of nitrogens with one attached hydrogen (secondary N) is 1. The van der Waals surface area contributed by atoms with E-state index in [0.717, 1.165) is 16.6 Å². The van der Waals surface area contributed by atoms with Gasteiger partial charge in [-0.1, -0.05) is 12.1 Å². The zero-order valence-corrected chi connectivity index (χ0v) is 10.5. The zero-order chi connectivity index (χ0) is 13.1. The number of aromatic nitrogens is 3. The van der Waals surface area contributed by atoms with Crippen molar-refractivity contribution in [1.82, 2.24) is 14.5 Å². The fourth-order valence-corrected chi connectivity index (χ4v) is 1.86. The lowest BCUT2D eigenvalue weighted by Crippen LogP contribution is -1.98. The van der Waals surface area contributed by atoms with Crippen molar-refractivity contribution >= 4 is 23.2 Å². The maximum Gasteiger partial charge on any atom is 0.224 e. The van der Waals surface area contributed by atoms with Crippen LogP contribution in [0.5, 0.6) is 0 Å². The molecule has 1 N–H and O–H groups in total. The van der Waals surface area contributed by atoms with Crippen molar-refractivity contribution < 1.29 is 0 Å². The average molecular weight is 251 g/mol. The third-order valence-electron chi connectivity index (χ3n) is 2.87. The summed E-state index contributed by atoms with van der Waals surface area (Å²) in [5.41, 5.74) is 5.96. The molecule has 0 fully saturated rings. The van der Waals surface area contributed by atoms with E-state index in [2.05, 4.69) is 20.5 Å². The van der Waals surface area contributed by atoms with E-state index in [9.17, 15) is 0 Å². The first-order valence-electron chi connectivity index (χ1n) is 5.95. The van der Waals surface area contributed by atoms with Crippen LogP contribution in [0, 0.1) is 0 Å². The Morgan fingerprint density at radius 1 is 1.16 bits per heavy atom. The highest BCUT2D eigenvalue weighted by Crippen LogP contribution is 2.17. The normalized spacial score (nSPS) is 11.2. The molecule has 0 bridgehead atoms. The molecule has 0 saturated carbocycles. The Balaban J connectivity index is 1.82. The molecule has 0 amide bonds. The molecule has 1 aromatic carbocycles. The predicted octanol–water partition coefficient (Wildman–Crippen LogP) is 2.41.